The molecule has 4 rings (SSSR count). The van der Waals surface area contributed by atoms with Crippen molar-refractivity contribution in [3.63, 3.8) is 0 Å². The van der Waals surface area contributed by atoms with Crippen molar-refractivity contribution in [3.05, 3.63) is 64.1 Å². The summed E-state index contributed by atoms with van der Waals surface area (Å²) in [5.74, 6) is 0.446. The van der Waals surface area contributed by atoms with Crippen molar-refractivity contribution >= 4 is 34.5 Å². The third-order valence-corrected chi connectivity index (χ3v) is 6.71. The van der Waals surface area contributed by atoms with E-state index >= 15 is 0 Å². The molecule has 0 saturated carbocycles. The van der Waals surface area contributed by atoms with Gasteiger partial charge in [-0.25, -0.2) is 0 Å². The lowest BCUT2D eigenvalue weighted by molar-refractivity contribution is 0.0951. The van der Waals surface area contributed by atoms with Gasteiger partial charge in [0, 0.05) is 49.7 Å². The van der Waals surface area contributed by atoms with E-state index in [0.29, 0.717) is 22.8 Å². The van der Waals surface area contributed by atoms with Crippen molar-refractivity contribution in [2.24, 2.45) is 0 Å². The van der Waals surface area contributed by atoms with Crippen molar-refractivity contribution in [2.45, 2.75) is 13.3 Å². The van der Waals surface area contributed by atoms with Crippen molar-refractivity contribution < 1.29 is 14.3 Å². The molecule has 0 aliphatic carbocycles. The van der Waals surface area contributed by atoms with Crippen LogP contribution >= 0.6 is 11.3 Å². The van der Waals surface area contributed by atoms with Gasteiger partial charge in [-0.15, -0.1) is 10.2 Å². The Kier molecular flexibility index (Phi) is 8.27. The molecule has 0 atom stereocenters. The maximum atomic E-state index is 12.5. The fourth-order valence-corrected chi connectivity index (χ4v) is 4.49. The highest BCUT2D eigenvalue weighted by Crippen LogP contribution is 2.20. The summed E-state index contributed by atoms with van der Waals surface area (Å²) in [6, 6.07) is 15.0. The van der Waals surface area contributed by atoms with Crippen LogP contribution in [0.2, 0.25) is 0 Å². The van der Waals surface area contributed by atoms with Gasteiger partial charge in [0.2, 0.25) is 5.01 Å². The SMILES string of the molecule is COc1ccc(N2CCN(CCCNC(=O)c3ccc(NC(=O)c4nnc(C)s4)cc3)CC2)cc1. The van der Waals surface area contributed by atoms with Crippen molar-refractivity contribution in [1.82, 2.24) is 20.4 Å². The lowest BCUT2D eigenvalue weighted by atomic mass is 10.2. The van der Waals surface area contributed by atoms with Gasteiger partial charge in [0.05, 0.1) is 7.11 Å². The van der Waals surface area contributed by atoms with E-state index in [4.69, 9.17) is 4.74 Å². The highest BCUT2D eigenvalue weighted by molar-refractivity contribution is 7.13. The lowest BCUT2D eigenvalue weighted by Gasteiger charge is -2.36. The number of nitrogens with one attached hydrogen (secondary N) is 2. The molecule has 1 aliphatic rings. The van der Waals surface area contributed by atoms with E-state index in [0.717, 1.165) is 49.9 Å². The number of rotatable bonds is 9. The summed E-state index contributed by atoms with van der Waals surface area (Å²) in [4.78, 5) is 29.4. The predicted molar refractivity (Wildman–Crippen MR) is 138 cm³/mol. The monoisotopic (exact) mass is 494 g/mol. The number of carbonyl (C=O) groups is 2. The fraction of sp³-hybridized carbons (Fsp3) is 0.360. The highest BCUT2D eigenvalue weighted by atomic mass is 32.1. The summed E-state index contributed by atoms with van der Waals surface area (Å²) < 4.78 is 5.23. The Morgan fingerprint density at radius 3 is 2.31 bits per heavy atom. The second-order valence-corrected chi connectivity index (χ2v) is 9.48. The van der Waals surface area contributed by atoms with E-state index in [1.165, 1.54) is 17.0 Å². The summed E-state index contributed by atoms with van der Waals surface area (Å²) in [7, 11) is 1.68. The molecule has 0 spiro atoms. The average Bonchev–Trinajstić information content (AvgIpc) is 3.34. The molecule has 35 heavy (non-hydrogen) atoms. The molecule has 3 aromatic rings. The molecular weight excluding hydrogens is 464 g/mol. The molecule has 2 amide bonds. The van der Waals surface area contributed by atoms with Gasteiger partial charge in [0.1, 0.15) is 10.8 Å². The van der Waals surface area contributed by atoms with Crippen molar-refractivity contribution in [1.29, 1.82) is 0 Å². The first-order chi connectivity index (χ1) is 17.0. The molecule has 1 saturated heterocycles. The average molecular weight is 495 g/mol. The number of hydrogen-bond acceptors (Lipinski definition) is 8. The van der Waals surface area contributed by atoms with Crippen LogP contribution in [-0.2, 0) is 0 Å². The van der Waals surface area contributed by atoms with Crippen LogP contribution < -0.4 is 20.3 Å². The van der Waals surface area contributed by atoms with Crippen LogP contribution in [0.25, 0.3) is 0 Å². The number of hydrogen-bond donors (Lipinski definition) is 2. The van der Waals surface area contributed by atoms with Gasteiger partial charge in [0.15, 0.2) is 0 Å². The molecule has 2 heterocycles. The van der Waals surface area contributed by atoms with Gasteiger partial charge < -0.3 is 20.3 Å². The standard InChI is InChI=1S/C25H30N6O3S/c1-18-28-29-25(35-18)24(33)27-20-6-4-19(5-7-20)23(32)26-12-3-13-30-14-16-31(17-15-30)21-8-10-22(34-2)11-9-21/h4-11H,3,12-17H2,1-2H3,(H,26,32)(H,27,33). The number of aryl methyl sites for hydroxylation is 1. The number of carbonyl (C=O) groups excluding carboxylic acids is 2. The van der Waals surface area contributed by atoms with Crippen LogP contribution in [-0.4, -0.2) is 73.3 Å². The van der Waals surface area contributed by atoms with Crippen molar-refractivity contribution in [3.8, 4) is 5.75 Å². The minimum absolute atomic E-state index is 0.119. The number of piperazine rings is 1. The molecular formula is C25H30N6O3S. The maximum Gasteiger partial charge on any atom is 0.286 e. The molecule has 0 radical (unpaired) electrons. The normalized spacial score (nSPS) is 13.9. The summed E-state index contributed by atoms with van der Waals surface area (Å²) in [5, 5.41) is 14.5. The largest absolute Gasteiger partial charge is 0.497 e. The topological polar surface area (TPSA) is 99.7 Å². The quantitative estimate of drug-likeness (QED) is 0.441. The first-order valence-electron chi connectivity index (χ1n) is 11.6. The van der Waals surface area contributed by atoms with Crippen LogP contribution in [0.15, 0.2) is 48.5 Å². The van der Waals surface area contributed by atoms with E-state index in [1.807, 2.05) is 12.1 Å². The van der Waals surface area contributed by atoms with Crippen LogP contribution in [0.4, 0.5) is 11.4 Å². The van der Waals surface area contributed by atoms with Crippen molar-refractivity contribution in [2.75, 3.05) is 56.6 Å². The maximum absolute atomic E-state index is 12.5. The summed E-state index contributed by atoms with van der Waals surface area (Å²) in [5.41, 5.74) is 2.38. The molecule has 10 heteroatoms. The Morgan fingerprint density at radius 1 is 0.971 bits per heavy atom. The van der Waals surface area contributed by atoms with Gasteiger partial charge in [-0.05, 0) is 68.4 Å². The second kappa shape index (κ2) is 11.8. The molecule has 9 nitrogen and oxygen atoms in total. The summed E-state index contributed by atoms with van der Waals surface area (Å²) >= 11 is 1.24. The summed E-state index contributed by atoms with van der Waals surface area (Å²) in [6.07, 6.45) is 0.893. The van der Waals surface area contributed by atoms with Gasteiger partial charge in [-0.1, -0.05) is 11.3 Å². The highest BCUT2D eigenvalue weighted by Gasteiger charge is 2.17. The predicted octanol–water partition coefficient (Wildman–Crippen LogP) is 3.05. The zero-order chi connectivity index (χ0) is 24.6. The third-order valence-electron chi connectivity index (χ3n) is 5.87. The van der Waals surface area contributed by atoms with Crippen LogP contribution in [0.3, 0.4) is 0 Å². The number of amides is 2. The fourth-order valence-electron chi connectivity index (χ4n) is 3.91. The molecule has 1 aliphatic heterocycles. The van der Waals surface area contributed by atoms with E-state index in [-0.39, 0.29) is 11.8 Å². The van der Waals surface area contributed by atoms with E-state index in [2.05, 4.69) is 42.8 Å². The molecule has 2 N–H and O–H groups in total. The smallest absolute Gasteiger partial charge is 0.286 e. The second-order valence-electron chi connectivity index (χ2n) is 8.29. The number of methoxy groups -OCH3 is 1. The molecule has 184 valence electrons. The number of ether oxygens (including phenoxy) is 1. The van der Waals surface area contributed by atoms with Crippen LogP contribution in [0, 0.1) is 6.92 Å². The minimum atomic E-state index is -0.308. The Morgan fingerprint density at radius 2 is 1.69 bits per heavy atom. The minimum Gasteiger partial charge on any atom is -0.497 e. The molecule has 1 aromatic heterocycles. The van der Waals surface area contributed by atoms with Crippen LogP contribution in [0.5, 0.6) is 5.75 Å². The number of aromatic nitrogens is 2. The molecule has 0 bridgehead atoms. The molecule has 0 unspecified atom stereocenters. The lowest BCUT2D eigenvalue weighted by Crippen LogP contribution is -2.47. The van der Waals surface area contributed by atoms with E-state index < -0.39 is 0 Å². The van der Waals surface area contributed by atoms with Gasteiger partial charge in [0.25, 0.3) is 11.8 Å². The first-order valence-corrected chi connectivity index (χ1v) is 12.4. The van der Waals surface area contributed by atoms with E-state index in [9.17, 15) is 9.59 Å². The Balaban J connectivity index is 1.14. The number of benzene rings is 2. The Labute approximate surface area is 209 Å². The first kappa shape index (κ1) is 24.6. The van der Waals surface area contributed by atoms with Gasteiger partial charge >= 0.3 is 0 Å². The number of nitrogens with zero attached hydrogens (tertiary/aromatic N) is 4. The number of anilines is 2. The zero-order valence-corrected chi connectivity index (χ0v) is 20.8. The van der Waals surface area contributed by atoms with Gasteiger partial charge in [-0.2, -0.15) is 0 Å². The van der Waals surface area contributed by atoms with Crippen LogP contribution in [0.1, 0.15) is 31.6 Å². The van der Waals surface area contributed by atoms with E-state index in [1.54, 1.807) is 38.3 Å². The molecule has 1 fully saturated rings. The third kappa shape index (κ3) is 6.77. The molecule has 2 aromatic carbocycles. The van der Waals surface area contributed by atoms with Gasteiger partial charge in [-0.3, -0.25) is 14.5 Å². The zero-order valence-electron chi connectivity index (χ0n) is 20.0. The summed E-state index contributed by atoms with van der Waals surface area (Å²) in [6.45, 7) is 7.35. The Bertz CT molecular complexity index is 1120. The Hall–Kier alpha value is -3.50.